The predicted molar refractivity (Wildman–Crippen MR) is 66.4 cm³/mol. The van der Waals surface area contributed by atoms with E-state index < -0.39 is 18.0 Å². The molecule has 2 rings (SSSR count). The van der Waals surface area contributed by atoms with Gasteiger partial charge in [-0.2, -0.15) is 0 Å². The summed E-state index contributed by atoms with van der Waals surface area (Å²) in [4.78, 5) is 30.7. The van der Waals surface area contributed by atoms with Gasteiger partial charge in [0.05, 0.1) is 0 Å². The fraction of sp³-hybridized carbons (Fsp3) is 0.167. The highest BCUT2D eigenvalue weighted by atomic mass is 19.3. The molecule has 0 unspecified atom stereocenters. The van der Waals surface area contributed by atoms with Crippen LogP contribution in [-0.4, -0.2) is 30.1 Å². The fourth-order valence-corrected chi connectivity index (χ4v) is 1.77. The number of benzene rings is 1. The molecule has 4 amide bonds. The van der Waals surface area contributed by atoms with Crippen molar-refractivity contribution in [1.82, 2.24) is 15.5 Å². The summed E-state index contributed by atoms with van der Waals surface area (Å²) < 4.78 is 24.7. The Morgan fingerprint density at radius 1 is 1.24 bits per heavy atom. The molecule has 1 aliphatic heterocycles. The van der Waals surface area contributed by atoms with E-state index in [1.807, 2.05) is 0 Å². The van der Waals surface area contributed by atoms with Crippen molar-refractivity contribution in [2.75, 3.05) is 13.1 Å². The van der Waals surface area contributed by atoms with Crippen LogP contribution in [0.25, 0.3) is 5.70 Å². The summed E-state index contributed by atoms with van der Waals surface area (Å²) in [5.74, 6) is -1.17. The van der Waals surface area contributed by atoms with Gasteiger partial charge in [-0.05, 0) is 0 Å². The smallest absolute Gasteiger partial charge is 0.336 e. The molecule has 1 aromatic rings. The first-order valence-electron chi connectivity index (χ1n) is 5.90. The van der Waals surface area contributed by atoms with Crippen molar-refractivity contribution in [2.24, 2.45) is 0 Å². The number of hydrogen-bond donors (Lipinski definition) is 2. The number of nitrogens with zero attached hydrogens (tertiary/aromatic N) is 1. The topological polar surface area (TPSA) is 79.9 Å². The van der Waals surface area contributed by atoms with Crippen molar-refractivity contribution < 1.29 is 28.5 Å². The summed E-state index contributed by atoms with van der Waals surface area (Å²) in [6, 6.07) is 6.30. The molecule has 1 heterocycles. The molecule has 0 saturated carbocycles. The molecule has 1 fully saturated rings. The first-order valence-corrected chi connectivity index (χ1v) is 5.90. The van der Waals surface area contributed by atoms with Crippen LogP contribution >= 0.6 is 0 Å². The monoisotopic (exact) mass is 299 g/mol. The van der Waals surface area contributed by atoms with E-state index in [9.17, 15) is 18.6 Å². The number of halogens is 2. The number of nitrogens with one attached hydrogen (secondary N) is 2. The van der Waals surface area contributed by atoms with Gasteiger partial charge >= 0.3 is 18.0 Å². The SMILES string of the molecule is O=C1NCCN1C(=O)NC(=C(OF)OF)c1ccccc1. The second-order valence-corrected chi connectivity index (χ2v) is 4.00. The molecule has 0 bridgehead atoms. The molecular formula is C12H11F2N3O4. The van der Waals surface area contributed by atoms with Gasteiger partial charge in [-0.25, -0.2) is 24.4 Å². The van der Waals surface area contributed by atoms with Gasteiger partial charge in [-0.1, -0.05) is 30.3 Å². The molecular weight excluding hydrogens is 288 g/mol. The summed E-state index contributed by atoms with van der Waals surface area (Å²) in [7, 11) is 0. The number of carbonyl (C=O) groups is 2. The highest BCUT2D eigenvalue weighted by molar-refractivity contribution is 5.98. The largest absolute Gasteiger partial charge is 0.389 e. The van der Waals surface area contributed by atoms with E-state index in [1.165, 1.54) is 12.1 Å². The van der Waals surface area contributed by atoms with Crippen LogP contribution in [0.15, 0.2) is 36.3 Å². The minimum absolute atomic E-state index is 0.134. The zero-order valence-electron chi connectivity index (χ0n) is 10.6. The fourth-order valence-electron chi connectivity index (χ4n) is 1.77. The van der Waals surface area contributed by atoms with Crippen LogP contribution in [-0.2, 0) is 9.88 Å². The van der Waals surface area contributed by atoms with Gasteiger partial charge in [-0.3, -0.25) is 0 Å². The summed E-state index contributed by atoms with van der Waals surface area (Å²) in [6.07, 6.45) is 0. The number of urea groups is 2. The summed E-state index contributed by atoms with van der Waals surface area (Å²) in [5.41, 5.74) is -0.152. The van der Waals surface area contributed by atoms with Crippen LogP contribution in [0.4, 0.5) is 18.6 Å². The molecule has 0 aromatic heterocycles. The zero-order chi connectivity index (χ0) is 15.2. The Labute approximate surface area is 117 Å². The van der Waals surface area contributed by atoms with Crippen molar-refractivity contribution in [1.29, 1.82) is 0 Å². The molecule has 0 atom stereocenters. The Hall–Kier alpha value is -2.84. The lowest BCUT2D eigenvalue weighted by molar-refractivity contribution is -0.222. The number of rotatable bonds is 4. The lowest BCUT2D eigenvalue weighted by Gasteiger charge is -2.15. The Bertz CT molecular complexity index is 559. The molecule has 7 nitrogen and oxygen atoms in total. The quantitative estimate of drug-likeness (QED) is 0.832. The minimum Gasteiger partial charge on any atom is -0.336 e. The zero-order valence-corrected chi connectivity index (χ0v) is 10.6. The van der Waals surface area contributed by atoms with Gasteiger partial charge < -0.3 is 10.6 Å². The molecule has 0 radical (unpaired) electrons. The van der Waals surface area contributed by atoms with E-state index in [4.69, 9.17) is 0 Å². The molecule has 1 aromatic carbocycles. The Morgan fingerprint density at radius 3 is 2.43 bits per heavy atom. The van der Waals surface area contributed by atoms with Gasteiger partial charge in [0.2, 0.25) is 0 Å². The van der Waals surface area contributed by atoms with E-state index >= 15 is 0 Å². The third kappa shape index (κ3) is 3.19. The Morgan fingerprint density at radius 2 is 1.90 bits per heavy atom. The molecule has 9 heteroatoms. The van der Waals surface area contributed by atoms with Gasteiger partial charge in [-0.15, -0.1) is 0 Å². The Balaban J connectivity index is 2.27. The molecule has 0 spiro atoms. The van der Waals surface area contributed by atoms with Crippen molar-refractivity contribution in [3.8, 4) is 0 Å². The average molecular weight is 299 g/mol. The first-order chi connectivity index (χ1) is 10.2. The molecule has 1 aliphatic rings. The van der Waals surface area contributed by atoms with Crippen LogP contribution in [0.1, 0.15) is 5.56 Å². The van der Waals surface area contributed by atoms with E-state index in [0.717, 1.165) is 4.90 Å². The van der Waals surface area contributed by atoms with Gasteiger partial charge in [0.15, 0.2) is 0 Å². The molecule has 21 heavy (non-hydrogen) atoms. The number of hydrogen-bond acceptors (Lipinski definition) is 4. The standard InChI is InChI=1S/C12H11F2N3O4/c13-20-10(21-14)9(8-4-2-1-3-5-8)16-12(19)17-7-6-15-11(17)18/h1-5H,6-7H2,(H,15,18)(H,16,19). The van der Waals surface area contributed by atoms with Crippen LogP contribution in [0.3, 0.4) is 0 Å². The predicted octanol–water partition coefficient (Wildman–Crippen LogP) is 1.85. The van der Waals surface area contributed by atoms with E-state index in [-0.39, 0.29) is 17.8 Å². The van der Waals surface area contributed by atoms with Gasteiger partial charge in [0.25, 0.3) is 0 Å². The van der Waals surface area contributed by atoms with Crippen LogP contribution < -0.4 is 10.6 Å². The average Bonchev–Trinajstić information content (AvgIpc) is 2.94. The maximum Gasteiger partial charge on any atom is 0.389 e. The minimum atomic E-state index is -1.17. The molecule has 1 saturated heterocycles. The number of carbonyl (C=O) groups excluding carboxylic acids is 2. The van der Waals surface area contributed by atoms with Crippen molar-refractivity contribution in [3.05, 3.63) is 41.8 Å². The van der Waals surface area contributed by atoms with E-state index in [0.29, 0.717) is 6.54 Å². The summed E-state index contributed by atoms with van der Waals surface area (Å²) in [6.45, 7) is 0.428. The van der Waals surface area contributed by atoms with Crippen LogP contribution in [0.5, 0.6) is 0 Å². The summed E-state index contributed by atoms with van der Waals surface area (Å²) >= 11 is 0. The van der Waals surface area contributed by atoms with E-state index in [2.05, 4.69) is 20.5 Å². The van der Waals surface area contributed by atoms with Gasteiger partial charge in [0, 0.05) is 27.7 Å². The lowest BCUT2D eigenvalue weighted by atomic mass is 10.1. The van der Waals surface area contributed by atoms with Crippen molar-refractivity contribution in [2.45, 2.75) is 0 Å². The molecule has 0 aliphatic carbocycles. The van der Waals surface area contributed by atoms with Gasteiger partial charge in [0.1, 0.15) is 5.70 Å². The van der Waals surface area contributed by atoms with E-state index in [1.54, 1.807) is 18.2 Å². The summed E-state index contributed by atoms with van der Waals surface area (Å²) in [5, 5.41) is 4.60. The third-order valence-electron chi connectivity index (χ3n) is 2.74. The maximum absolute atomic E-state index is 12.3. The maximum atomic E-state index is 12.3. The number of imide groups is 1. The normalized spacial score (nSPS) is 13.4. The first kappa shape index (κ1) is 14.6. The molecule has 2 N–H and O–H groups in total. The van der Waals surface area contributed by atoms with Crippen LogP contribution in [0, 0.1) is 0 Å². The second kappa shape index (κ2) is 6.55. The second-order valence-electron chi connectivity index (χ2n) is 4.00. The highest BCUT2D eigenvalue weighted by Crippen LogP contribution is 2.19. The third-order valence-corrected chi connectivity index (χ3v) is 2.74. The van der Waals surface area contributed by atoms with Crippen LogP contribution in [0.2, 0.25) is 0 Å². The van der Waals surface area contributed by atoms with Crippen molar-refractivity contribution in [3.63, 3.8) is 0 Å². The Kier molecular flexibility index (Phi) is 4.54. The lowest BCUT2D eigenvalue weighted by Crippen LogP contribution is -2.41. The molecule has 112 valence electrons. The van der Waals surface area contributed by atoms with Crippen molar-refractivity contribution >= 4 is 17.8 Å². The number of amides is 4. The highest BCUT2D eigenvalue weighted by Gasteiger charge is 2.28.